The molecule has 3 aromatic rings. The summed E-state index contributed by atoms with van der Waals surface area (Å²) in [6.45, 7) is 8.93. The van der Waals surface area contributed by atoms with Gasteiger partial charge in [-0.1, -0.05) is 24.3 Å². The zero-order valence-corrected chi connectivity index (χ0v) is 19.0. The minimum absolute atomic E-state index is 0.209. The summed E-state index contributed by atoms with van der Waals surface area (Å²) in [6, 6.07) is 13.9. The number of aryl methyl sites for hydroxylation is 1. The number of benzene rings is 1. The molecule has 0 unspecified atom stereocenters. The van der Waals surface area contributed by atoms with Crippen LogP contribution in [0.2, 0.25) is 0 Å². The van der Waals surface area contributed by atoms with Crippen molar-refractivity contribution in [2.45, 2.75) is 26.9 Å². The number of pyridine rings is 1. The van der Waals surface area contributed by atoms with E-state index >= 15 is 0 Å². The van der Waals surface area contributed by atoms with E-state index in [1.807, 2.05) is 67.2 Å². The first-order valence-corrected chi connectivity index (χ1v) is 11.0. The van der Waals surface area contributed by atoms with E-state index in [-0.39, 0.29) is 6.03 Å². The van der Waals surface area contributed by atoms with Gasteiger partial charge in [0.2, 0.25) is 0 Å². The van der Waals surface area contributed by atoms with E-state index in [2.05, 4.69) is 37.6 Å². The van der Waals surface area contributed by atoms with E-state index in [9.17, 15) is 4.79 Å². The number of para-hydroxylation sites is 1. The second-order valence-electron chi connectivity index (χ2n) is 8.25. The number of nitrogens with zero attached hydrogens (tertiary/aromatic N) is 5. The van der Waals surface area contributed by atoms with Crippen LogP contribution in [0.25, 0.3) is 5.69 Å². The number of amides is 2. The molecule has 32 heavy (non-hydrogen) atoms. The zero-order chi connectivity index (χ0) is 22.5. The van der Waals surface area contributed by atoms with Crippen LogP contribution < -0.4 is 15.5 Å². The van der Waals surface area contributed by atoms with Gasteiger partial charge in [-0.2, -0.15) is 5.10 Å². The Morgan fingerprint density at radius 3 is 2.38 bits per heavy atom. The van der Waals surface area contributed by atoms with Gasteiger partial charge in [-0.15, -0.1) is 0 Å². The summed E-state index contributed by atoms with van der Waals surface area (Å²) >= 11 is 0. The number of nitrogens with one attached hydrogen (secondary N) is 2. The van der Waals surface area contributed by atoms with Crippen LogP contribution >= 0.6 is 0 Å². The van der Waals surface area contributed by atoms with Gasteiger partial charge in [0.25, 0.3) is 0 Å². The molecule has 1 fully saturated rings. The summed E-state index contributed by atoms with van der Waals surface area (Å²) in [5, 5.41) is 10.5. The molecule has 2 amide bonds. The number of anilines is 1. The Balaban J connectivity index is 1.28. The minimum Gasteiger partial charge on any atom is -0.354 e. The van der Waals surface area contributed by atoms with Gasteiger partial charge in [0.15, 0.2) is 0 Å². The monoisotopic (exact) mass is 433 g/mol. The summed E-state index contributed by atoms with van der Waals surface area (Å²) in [5.41, 5.74) is 4.95. The van der Waals surface area contributed by atoms with Crippen molar-refractivity contribution in [1.82, 2.24) is 30.3 Å². The zero-order valence-electron chi connectivity index (χ0n) is 19.0. The summed E-state index contributed by atoms with van der Waals surface area (Å²) in [7, 11) is 2.14. The van der Waals surface area contributed by atoms with Gasteiger partial charge in [0.1, 0.15) is 5.82 Å². The van der Waals surface area contributed by atoms with Crippen LogP contribution in [0.15, 0.2) is 48.7 Å². The number of aromatic nitrogens is 3. The van der Waals surface area contributed by atoms with Crippen LogP contribution in [0.5, 0.6) is 0 Å². The van der Waals surface area contributed by atoms with Gasteiger partial charge in [0.05, 0.1) is 11.4 Å². The summed E-state index contributed by atoms with van der Waals surface area (Å²) in [4.78, 5) is 21.5. The van der Waals surface area contributed by atoms with Crippen LogP contribution in [-0.2, 0) is 13.1 Å². The van der Waals surface area contributed by atoms with Gasteiger partial charge < -0.3 is 20.4 Å². The lowest BCUT2D eigenvalue weighted by molar-refractivity contribution is 0.240. The second kappa shape index (κ2) is 9.82. The normalized spacial score (nSPS) is 14.4. The molecule has 3 heterocycles. The molecule has 1 aliphatic rings. The van der Waals surface area contributed by atoms with Crippen molar-refractivity contribution in [3.63, 3.8) is 0 Å². The summed E-state index contributed by atoms with van der Waals surface area (Å²) in [5.74, 6) is 0.993. The average Bonchev–Trinajstić information content (AvgIpc) is 3.11. The lowest BCUT2D eigenvalue weighted by Crippen LogP contribution is -2.44. The SMILES string of the molecule is Cc1nn(-c2ccccc2)c(C)c1CNC(=O)NCc1ccc(N2CCN(C)CC2)nc1. The van der Waals surface area contributed by atoms with E-state index in [4.69, 9.17) is 0 Å². The number of urea groups is 1. The molecule has 0 aliphatic carbocycles. The molecular weight excluding hydrogens is 402 g/mol. The van der Waals surface area contributed by atoms with Crippen LogP contribution in [0.4, 0.5) is 10.6 Å². The fraction of sp³-hybridized carbons (Fsp3) is 0.375. The molecular formula is C24H31N7O. The molecule has 8 nitrogen and oxygen atoms in total. The van der Waals surface area contributed by atoms with Crippen molar-refractivity contribution in [2.24, 2.45) is 0 Å². The molecule has 0 spiro atoms. The second-order valence-corrected chi connectivity index (χ2v) is 8.25. The number of rotatable bonds is 6. The fourth-order valence-electron chi connectivity index (χ4n) is 3.91. The molecule has 0 atom stereocenters. The lowest BCUT2D eigenvalue weighted by atomic mass is 10.2. The minimum atomic E-state index is -0.209. The third kappa shape index (κ3) is 5.08. The van der Waals surface area contributed by atoms with Crippen molar-refractivity contribution in [2.75, 3.05) is 38.1 Å². The van der Waals surface area contributed by atoms with Crippen LogP contribution in [-0.4, -0.2) is 58.9 Å². The van der Waals surface area contributed by atoms with Gasteiger partial charge >= 0.3 is 6.03 Å². The van der Waals surface area contributed by atoms with Gasteiger partial charge in [0, 0.05) is 56.7 Å². The van der Waals surface area contributed by atoms with Crippen LogP contribution in [0.3, 0.4) is 0 Å². The number of carbonyl (C=O) groups excluding carboxylic acids is 1. The van der Waals surface area contributed by atoms with Crippen molar-refractivity contribution in [3.8, 4) is 5.69 Å². The van der Waals surface area contributed by atoms with E-state index in [0.717, 1.165) is 60.2 Å². The third-order valence-electron chi connectivity index (χ3n) is 5.96. The van der Waals surface area contributed by atoms with Crippen molar-refractivity contribution in [1.29, 1.82) is 0 Å². The van der Waals surface area contributed by atoms with Crippen molar-refractivity contribution < 1.29 is 4.79 Å². The van der Waals surface area contributed by atoms with E-state index in [1.54, 1.807) is 0 Å². The average molecular weight is 434 g/mol. The molecule has 4 rings (SSSR count). The maximum Gasteiger partial charge on any atom is 0.315 e. The first-order chi connectivity index (χ1) is 15.5. The number of hydrogen-bond acceptors (Lipinski definition) is 5. The maximum atomic E-state index is 12.4. The van der Waals surface area contributed by atoms with Gasteiger partial charge in [-0.05, 0) is 44.7 Å². The smallest absolute Gasteiger partial charge is 0.315 e. The molecule has 2 aromatic heterocycles. The van der Waals surface area contributed by atoms with Crippen LogP contribution in [0.1, 0.15) is 22.5 Å². The Morgan fingerprint density at radius 1 is 0.969 bits per heavy atom. The maximum absolute atomic E-state index is 12.4. The third-order valence-corrected chi connectivity index (χ3v) is 5.96. The molecule has 1 aliphatic heterocycles. The highest BCUT2D eigenvalue weighted by Crippen LogP contribution is 2.17. The predicted octanol–water partition coefficient (Wildman–Crippen LogP) is 2.64. The Kier molecular flexibility index (Phi) is 6.70. The number of likely N-dealkylation sites (N-methyl/N-ethyl adjacent to an activating group) is 1. The molecule has 1 saturated heterocycles. The Morgan fingerprint density at radius 2 is 1.69 bits per heavy atom. The first kappa shape index (κ1) is 21.8. The quantitative estimate of drug-likeness (QED) is 0.625. The highest BCUT2D eigenvalue weighted by Gasteiger charge is 2.16. The van der Waals surface area contributed by atoms with Gasteiger partial charge in [-0.25, -0.2) is 14.5 Å². The summed E-state index contributed by atoms with van der Waals surface area (Å²) < 4.78 is 1.91. The fourth-order valence-corrected chi connectivity index (χ4v) is 3.91. The molecule has 0 saturated carbocycles. The molecule has 168 valence electrons. The first-order valence-electron chi connectivity index (χ1n) is 11.0. The topological polar surface area (TPSA) is 78.3 Å². The highest BCUT2D eigenvalue weighted by molar-refractivity contribution is 5.73. The van der Waals surface area contributed by atoms with Crippen LogP contribution in [0, 0.1) is 13.8 Å². The van der Waals surface area contributed by atoms with Gasteiger partial charge in [-0.3, -0.25) is 0 Å². The number of carbonyl (C=O) groups is 1. The predicted molar refractivity (Wildman–Crippen MR) is 126 cm³/mol. The van der Waals surface area contributed by atoms with E-state index in [1.165, 1.54) is 0 Å². The standard InChI is InChI=1S/C24H31N7O/c1-18-22(19(2)31(28-18)21-7-5-4-6-8-21)17-27-24(32)26-16-20-9-10-23(25-15-20)30-13-11-29(3)12-14-30/h4-10,15H,11-14,16-17H2,1-3H3,(H2,26,27,32). The summed E-state index contributed by atoms with van der Waals surface area (Å²) in [6.07, 6.45) is 1.84. The Labute approximate surface area is 189 Å². The highest BCUT2D eigenvalue weighted by atomic mass is 16.2. The van der Waals surface area contributed by atoms with E-state index in [0.29, 0.717) is 13.1 Å². The lowest BCUT2D eigenvalue weighted by Gasteiger charge is -2.33. The molecule has 0 bridgehead atoms. The van der Waals surface area contributed by atoms with Crippen molar-refractivity contribution in [3.05, 3.63) is 71.2 Å². The molecule has 1 aromatic carbocycles. The Bertz CT molecular complexity index is 1040. The number of piperazine rings is 1. The molecule has 2 N–H and O–H groups in total. The molecule has 8 heteroatoms. The number of hydrogen-bond donors (Lipinski definition) is 2. The van der Waals surface area contributed by atoms with E-state index < -0.39 is 0 Å². The van der Waals surface area contributed by atoms with Crippen molar-refractivity contribution >= 4 is 11.8 Å². The molecule has 0 radical (unpaired) electrons. The largest absolute Gasteiger partial charge is 0.354 e. The Hall–Kier alpha value is -3.39.